The molecule has 12 nitrogen and oxygen atoms in total. The van der Waals surface area contributed by atoms with E-state index in [2.05, 4.69) is 16.0 Å². The first kappa shape index (κ1) is 41.7. The molecule has 0 aromatic heterocycles. The Balaban J connectivity index is 1.15. The number of aliphatic hydroxyl groups is 1. The van der Waals surface area contributed by atoms with Crippen LogP contribution < -0.4 is 25.6 Å². The first-order valence-corrected chi connectivity index (χ1v) is 18.9. The number of nitrogens with zero attached hydrogens (tertiary/aromatic N) is 1. The molecule has 4 amide bonds. The average Bonchev–Trinajstić information content (AvgIpc) is 3.16. The molecule has 1 heterocycles. The van der Waals surface area contributed by atoms with Gasteiger partial charge in [-0.25, -0.2) is 8.78 Å². The first-order chi connectivity index (χ1) is 26.0. The molecule has 1 aliphatic heterocycles. The second kappa shape index (κ2) is 21.6. The third-order valence-corrected chi connectivity index (χ3v) is 10.00. The minimum Gasteiger partial charge on any atom is -0.484 e. The highest BCUT2D eigenvalue weighted by molar-refractivity contribution is 8.00. The van der Waals surface area contributed by atoms with Crippen molar-refractivity contribution in [1.29, 1.82) is 0 Å². The van der Waals surface area contributed by atoms with Gasteiger partial charge < -0.3 is 35.8 Å². The Hall–Kier alpha value is -5.02. The number of halogens is 2. The number of carboxylic acid groups (broad SMARTS) is 1. The summed E-state index contributed by atoms with van der Waals surface area (Å²) in [6.07, 6.45) is 3.76. The molecular weight excluding hydrogens is 723 g/mol. The van der Waals surface area contributed by atoms with Gasteiger partial charge in [-0.1, -0.05) is 37.1 Å². The topological polar surface area (TPSA) is 174 Å². The lowest BCUT2D eigenvalue weighted by atomic mass is 9.92. The number of carbonyl (C=O) groups excluding carboxylic acids is 4. The molecule has 0 radical (unpaired) electrons. The van der Waals surface area contributed by atoms with E-state index in [1.165, 1.54) is 60.3 Å². The fourth-order valence-corrected chi connectivity index (χ4v) is 7.03. The van der Waals surface area contributed by atoms with Crippen molar-refractivity contribution in [3.8, 4) is 5.75 Å². The molecule has 3 aromatic rings. The number of benzene rings is 3. The summed E-state index contributed by atoms with van der Waals surface area (Å²) in [7, 11) is 0. The van der Waals surface area contributed by atoms with Crippen molar-refractivity contribution in [2.45, 2.75) is 68.8 Å². The summed E-state index contributed by atoms with van der Waals surface area (Å²) in [5.74, 6) is -2.21. The maximum Gasteiger partial charge on any atom is 0.303 e. The van der Waals surface area contributed by atoms with Gasteiger partial charge in [0.1, 0.15) is 22.6 Å². The molecule has 0 bridgehead atoms. The van der Waals surface area contributed by atoms with Crippen LogP contribution in [0.25, 0.3) is 0 Å². The van der Waals surface area contributed by atoms with Gasteiger partial charge in [0, 0.05) is 37.4 Å². The number of hydrogen-bond donors (Lipinski definition) is 5. The highest BCUT2D eigenvalue weighted by Crippen LogP contribution is 2.46. The van der Waals surface area contributed by atoms with E-state index in [9.17, 15) is 37.9 Å². The van der Waals surface area contributed by atoms with Gasteiger partial charge in [0.25, 0.3) is 5.91 Å². The Morgan fingerprint density at radius 3 is 1.96 bits per heavy atom. The number of amides is 4. The molecule has 1 fully saturated rings. The zero-order valence-electron chi connectivity index (χ0n) is 29.8. The van der Waals surface area contributed by atoms with Gasteiger partial charge >= 0.3 is 5.97 Å². The van der Waals surface area contributed by atoms with E-state index in [-0.39, 0.29) is 43.0 Å². The number of carboxylic acids is 1. The molecular formula is C39H46F2N4O8S. The number of aliphatic carboxylic acids is 1. The monoisotopic (exact) mass is 768 g/mol. The van der Waals surface area contributed by atoms with Crippen LogP contribution in [0.2, 0.25) is 0 Å². The van der Waals surface area contributed by atoms with Crippen LogP contribution >= 0.6 is 11.8 Å². The van der Waals surface area contributed by atoms with Crippen LogP contribution in [0.15, 0.2) is 72.8 Å². The van der Waals surface area contributed by atoms with Gasteiger partial charge in [-0.15, -0.1) is 11.8 Å². The summed E-state index contributed by atoms with van der Waals surface area (Å²) < 4.78 is 32.6. The van der Waals surface area contributed by atoms with Crippen LogP contribution in [-0.4, -0.2) is 77.1 Å². The van der Waals surface area contributed by atoms with Crippen LogP contribution in [0.1, 0.15) is 74.6 Å². The summed E-state index contributed by atoms with van der Waals surface area (Å²) >= 11 is 1.27. The fourth-order valence-electron chi connectivity index (χ4n) is 5.73. The molecule has 54 heavy (non-hydrogen) atoms. The van der Waals surface area contributed by atoms with E-state index in [1.807, 2.05) is 0 Å². The van der Waals surface area contributed by atoms with Crippen molar-refractivity contribution in [3.05, 3.63) is 95.6 Å². The number of thioether (sulfide) groups is 1. The molecule has 3 aromatic carbocycles. The Morgan fingerprint density at radius 2 is 1.33 bits per heavy atom. The van der Waals surface area contributed by atoms with Crippen LogP contribution in [-0.2, 0) is 24.0 Å². The zero-order valence-corrected chi connectivity index (χ0v) is 30.6. The Kier molecular flexibility index (Phi) is 16.7. The zero-order chi connectivity index (χ0) is 38.9. The molecule has 1 saturated heterocycles. The summed E-state index contributed by atoms with van der Waals surface area (Å²) in [5.41, 5.74) is 1.80. The number of ether oxygens (including phenoxy) is 1. The molecule has 0 aliphatic carbocycles. The van der Waals surface area contributed by atoms with E-state index < -0.39 is 40.9 Å². The van der Waals surface area contributed by atoms with Gasteiger partial charge in [-0.05, 0) is 85.3 Å². The minimum absolute atomic E-state index is 0.0536. The highest BCUT2D eigenvalue weighted by atomic mass is 32.2. The fraction of sp³-hybridized carbons (Fsp3) is 0.410. The van der Waals surface area contributed by atoms with Crippen molar-refractivity contribution in [2.75, 3.05) is 36.9 Å². The highest BCUT2D eigenvalue weighted by Gasteiger charge is 2.49. The van der Waals surface area contributed by atoms with Crippen molar-refractivity contribution >= 4 is 47.0 Å². The molecule has 290 valence electrons. The average molecular weight is 769 g/mol. The van der Waals surface area contributed by atoms with Crippen molar-refractivity contribution in [3.63, 3.8) is 0 Å². The Labute approximate surface area is 317 Å². The van der Waals surface area contributed by atoms with E-state index in [0.717, 1.165) is 24.8 Å². The van der Waals surface area contributed by atoms with Crippen molar-refractivity contribution in [2.24, 2.45) is 0 Å². The van der Waals surface area contributed by atoms with Gasteiger partial charge in [0.15, 0.2) is 6.61 Å². The van der Waals surface area contributed by atoms with Crippen molar-refractivity contribution < 1.29 is 47.7 Å². The van der Waals surface area contributed by atoms with E-state index >= 15 is 0 Å². The SMILES string of the molecule is O=C(O)CCCCCNC(=O)CCCCCNC(=O)CNC(=O)COc1ccc(C2C(SCC(O)c3ccc(F)cc3)C(=O)N2c2ccc(F)cc2)cc1. The number of rotatable bonds is 23. The number of unbranched alkanes of at least 4 members (excludes halogenated alkanes) is 4. The van der Waals surface area contributed by atoms with E-state index in [0.29, 0.717) is 55.8 Å². The van der Waals surface area contributed by atoms with E-state index in [1.54, 1.807) is 29.2 Å². The first-order valence-electron chi connectivity index (χ1n) is 17.9. The van der Waals surface area contributed by atoms with Gasteiger partial charge in [0.05, 0.1) is 18.7 Å². The van der Waals surface area contributed by atoms with Crippen LogP contribution in [0.4, 0.5) is 14.5 Å². The number of hydrogen-bond acceptors (Lipinski definition) is 8. The molecule has 1 aliphatic rings. The number of anilines is 1. The van der Waals surface area contributed by atoms with Crippen LogP contribution in [0.3, 0.4) is 0 Å². The van der Waals surface area contributed by atoms with Gasteiger partial charge in [-0.2, -0.15) is 0 Å². The lowest BCUT2D eigenvalue weighted by Gasteiger charge is -2.47. The third-order valence-electron chi connectivity index (χ3n) is 8.67. The molecule has 3 unspecified atom stereocenters. The normalized spacial score (nSPS) is 15.5. The Bertz CT molecular complexity index is 1700. The predicted molar refractivity (Wildman–Crippen MR) is 200 cm³/mol. The smallest absolute Gasteiger partial charge is 0.303 e. The maximum absolute atomic E-state index is 13.7. The predicted octanol–water partition coefficient (Wildman–Crippen LogP) is 4.82. The molecule has 0 saturated carbocycles. The number of aliphatic hydroxyl groups excluding tert-OH is 1. The summed E-state index contributed by atoms with van der Waals surface area (Å²) in [6.45, 7) is 0.373. The van der Waals surface area contributed by atoms with Gasteiger partial charge in [-0.3, -0.25) is 24.0 Å². The Morgan fingerprint density at radius 1 is 0.741 bits per heavy atom. The minimum atomic E-state index is -0.921. The molecule has 5 N–H and O–H groups in total. The molecule has 4 rings (SSSR count). The second-order valence-corrected chi connectivity index (χ2v) is 14.0. The number of carbonyl (C=O) groups is 5. The summed E-state index contributed by atoms with van der Waals surface area (Å²) in [5, 5.41) is 26.8. The largest absolute Gasteiger partial charge is 0.484 e. The van der Waals surface area contributed by atoms with Crippen molar-refractivity contribution in [1.82, 2.24) is 16.0 Å². The summed E-state index contributed by atoms with van der Waals surface area (Å²) in [4.78, 5) is 61.8. The maximum atomic E-state index is 13.7. The van der Waals surface area contributed by atoms with Gasteiger partial charge in [0.2, 0.25) is 17.7 Å². The lowest BCUT2D eigenvalue weighted by Crippen LogP contribution is -2.57. The standard InChI is InChI=1S/C39H46F2N4O8S/c40-28-13-9-26(10-14-28)32(46)25-54-38-37(45(39(38)52)30-17-15-29(41)16-18-30)27-11-19-31(20-12-27)53-24-35(49)44-23-34(48)43-22-5-1-3-7-33(47)42-21-6-2-4-8-36(50)51/h9-20,32,37-38,46H,1-8,21-25H2,(H,42,47)(H,43,48)(H,44,49)(H,50,51). The van der Waals surface area contributed by atoms with Crippen LogP contribution in [0.5, 0.6) is 5.75 Å². The molecule has 15 heteroatoms. The second-order valence-electron chi connectivity index (χ2n) is 12.8. The molecule has 0 spiro atoms. The summed E-state index contributed by atoms with van der Waals surface area (Å²) in [6, 6.07) is 17.5. The third kappa shape index (κ3) is 13.4. The number of β-lactam (4-membered cyclic amide) rings is 1. The van der Waals surface area contributed by atoms with E-state index in [4.69, 9.17) is 9.84 Å². The van der Waals surface area contributed by atoms with Crippen LogP contribution in [0, 0.1) is 11.6 Å². The lowest BCUT2D eigenvalue weighted by molar-refractivity contribution is -0.137. The quantitative estimate of drug-likeness (QED) is 0.0670. The number of nitrogens with one attached hydrogen (secondary N) is 3. The molecule has 3 atom stereocenters.